The normalized spacial score (nSPS) is 18.2. The first-order valence-corrected chi connectivity index (χ1v) is 11.5. The number of amides is 1. The van der Waals surface area contributed by atoms with Gasteiger partial charge in [-0.15, -0.1) is 0 Å². The first-order valence-electron chi connectivity index (χ1n) is 10.1. The third-order valence-corrected chi connectivity index (χ3v) is 7.25. The molecule has 28 heavy (non-hydrogen) atoms. The van der Waals surface area contributed by atoms with Crippen molar-refractivity contribution in [2.75, 3.05) is 45.1 Å². The quantitative estimate of drug-likeness (QED) is 0.634. The van der Waals surface area contributed by atoms with E-state index in [1.807, 2.05) is 0 Å². The molecule has 158 valence electrons. The summed E-state index contributed by atoms with van der Waals surface area (Å²) in [6.07, 6.45) is 6.01. The molecule has 1 aliphatic heterocycles. The van der Waals surface area contributed by atoms with E-state index in [9.17, 15) is 13.2 Å². The molecule has 1 N–H and O–H groups in total. The average Bonchev–Trinajstić information content (AvgIpc) is 2.70. The summed E-state index contributed by atoms with van der Waals surface area (Å²) in [5.41, 5.74) is 1.05. The third kappa shape index (κ3) is 5.68. The third-order valence-electron chi connectivity index (χ3n) is 5.43. The number of anilines is 1. The summed E-state index contributed by atoms with van der Waals surface area (Å²) in [4.78, 5) is 14.9. The maximum Gasteiger partial charge on any atom is 0.303 e. The topological polar surface area (TPSA) is 73.0 Å². The van der Waals surface area contributed by atoms with E-state index in [4.69, 9.17) is 0 Å². The molecule has 7 nitrogen and oxygen atoms in total. The van der Waals surface area contributed by atoms with Crippen molar-refractivity contribution in [3.63, 3.8) is 0 Å². The molecule has 1 saturated heterocycles. The molecule has 0 aromatic heterocycles. The van der Waals surface area contributed by atoms with E-state index in [-0.39, 0.29) is 5.91 Å². The van der Waals surface area contributed by atoms with Crippen LogP contribution in [-0.2, 0) is 10.2 Å². The molecule has 1 aromatic carbocycles. The zero-order valence-corrected chi connectivity index (χ0v) is 18.3. The summed E-state index contributed by atoms with van der Waals surface area (Å²) in [6.45, 7) is 5.07. The number of hydrogen-bond donors (Lipinski definition) is 1. The molecule has 1 aromatic rings. The molecule has 0 aliphatic carbocycles. The van der Waals surface area contributed by atoms with Crippen LogP contribution in [0, 0.1) is 0 Å². The predicted molar refractivity (Wildman–Crippen MR) is 114 cm³/mol. The standard InChI is InChI=1S/C20H34N4O3S/c1-5-18-9-6-7-15-24(18)16-8-14-21-20(25)17-10-12-19(13-11-17)23(4)28(26,27)22(2)3/h10-13,18H,5-9,14-16H2,1-4H3,(H,21,25)/t18-/m1/s1. The zero-order chi connectivity index (χ0) is 20.7. The van der Waals surface area contributed by atoms with E-state index in [0.717, 1.165) is 23.8 Å². The van der Waals surface area contributed by atoms with E-state index < -0.39 is 10.2 Å². The Morgan fingerprint density at radius 1 is 1.18 bits per heavy atom. The molecule has 0 saturated carbocycles. The van der Waals surface area contributed by atoms with Gasteiger partial charge in [-0.2, -0.15) is 12.7 Å². The lowest BCUT2D eigenvalue weighted by atomic mass is 10.00. The van der Waals surface area contributed by atoms with Gasteiger partial charge in [-0.05, 0) is 56.5 Å². The van der Waals surface area contributed by atoms with Crippen LogP contribution in [0.15, 0.2) is 24.3 Å². The van der Waals surface area contributed by atoms with Crippen LogP contribution >= 0.6 is 0 Å². The molecule has 1 amide bonds. The first-order chi connectivity index (χ1) is 13.3. The Hall–Kier alpha value is -1.64. The van der Waals surface area contributed by atoms with Crippen molar-refractivity contribution < 1.29 is 13.2 Å². The van der Waals surface area contributed by atoms with Gasteiger partial charge in [0, 0.05) is 45.8 Å². The Bertz CT molecular complexity index is 734. The fourth-order valence-corrected chi connectivity index (χ4v) is 4.48. The summed E-state index contributed by atoms with van der Waals surface area (Å²) in [5.74, 6) is -0.129. The Morgan fingerprint density at radius 2 is 1.86 bits per heavy atom. The average molecular weight is 411 g/mol. The zero-order valence-electron chi connectivity index (χ0n) is 17.5. The highest BCUT2D eigenvalue weighted by molar-refractivity contribution is 7.90. The second-order valence-corrected chi connectivity index (χ2v) is 9.68. The number of carbonyl (C=O) groups excluding carboxylic acids is 1. The fourth-order valence-electron chi connectivity index (χ4n) is 3.60. The molecule has 0 bridgehead atoms. The second-order valence-electron chi connectivity index (χ2n) is 7.51. The number of likely N-dealkylation sites (tertiary alicyclic amines) is 1. The molecular weight excluding hydrogens is 376 g/mol. The van der Waals surface area contributed by atoms with Gasteiger partial charge in [0.2, 0.25) is 0 Å². The van der Waals surface area contributed by atoms with E-state index >= 15 is 0 Å². The summed E-state index contributed by atoms with van der Waals surface area (Å²) >= 11 is 0. The minimum atomic E-state index is -3.54. The summed E-state index contributed by atoms with van der Waals surface area (Å²) < 4.78 is 26.7. The molecule has 0 unspecified atom stereocenters. The van der Waals surface area contributed by atoms with Gasteiger partial charge in [0.25, 0.3) is 5.91 Å². The number of nitrogens with zero attached hydrogens (tertiary/aromatic N) is 3. The largest absolute Gasteiger partial charge is 0.352 e. The van der Waals surface area contributed by atoms with Crippen molar-refractivity contribution in [2.45, 2.75) is 45.1 Å². The number of carbonyl (C=O) groups is 1. The lowest BCUT2D eigenvalue weighted by molar-refractivity contribution is 0.0947. The number of nitrogens with one attached hydrogen (secondary N) is 1. The van der Waals surface area contributed by atoms with Gasteiger partial charge in [0.1, 0.15) is 0 Å². The lowest BCUT2D eigenvalue weighted by Gasteiger charge is -2.35. The maximum absolute atomic E-state index is 12.3. The highest BCUT2D eigenvalue weighted by atomic mass is 32.2. The van der Waals surface area contributed by atoms with Crippen molar-refractivity contribution in [3.8, 4) is 0 Å². The number of benzene rings is 1. The van der Waals surface area contributed by atoms with Gasteiger partial charge in [0.05, 0.1) is 5.69 Å². The Balaban J connectivity index is 1.83. The monoisotopic (exact) mass is 410 g/mol. The van der Waals surface area contributed by atoms with Crippen LogP contribution in [0.4, 0.5) is 5.69 Å². The highest BCUT2D eigenvalue weighted by Gasteiger charge is 2.21. The summed E-state index contributed by atoms with van der Waals surface area (Å²) in [5, 5.41) is 2.96. The number of piperidine rings is 1. The minimum Gasteiger partial charge on any atom is -0.352 e. The van der Waals surface area contributed by atoms with Crippen molar-refractivity contribution in [1.82, 2.24) is 14.5 Å². The maximum atomic E-state index is 12.3. The smallest absolute Gasteiger partial charge is 0.303 e. The van der Waals surface area contributed by atoms with Gasteiger partial charge in [0.15, 0.2) is 0 Å². The first kappa shape index (κ1) is 22.6. The van der Waals surface area contributed by atoms with E-state index in [1.54, 1.807) is 24.3 Å². The van der Waals surface area contributed by atoms with Crippen molar-refractivity contribution >= 4 is 21.8 Å². The van der Waals surface area contributed by atoms with E-state index in [1.165, 1.54) is 51.1 Å². The van der Waals surface area contributed by atoms with Gasteiger partial charge >= 0.3 is 10.2 Å². The lowest BCUT2D eigenvalue weighted by Crippen LogP contribution is -2.40. The molecule has 1 aliphatic rings. The predicted octanol–water partition coefficient (Wildman–Crippen LogP) is 2.31. The highest BCUT2D eigenvalue weighted by Crippen LogP contribution is 2.20. The molecule has 1 atom stereocenters. The molecule has 1 heterocycles. The molecule has 1 fully saturated rings. The molecule has 0 spiro atoms. The van der Waals surface area contributed by atoms with Gasteiger partial charge in [-0.1, -0.05) is 13.3 Å². The van der Waals surface area contributed by atoms with Crippen LogP contribution in [0.3, 0.4) is 0 Å². The number of rotatable bonds is 9. The molecule has 2 rings (SSSR count). The van der Waals surface area contributed by atoms with E-state index in [2.05, 4.69) is 17.1 Å². The number of hydrogen-bond acceptors (Lipinski definition) is 4. The van der Waals surface area contributed by atoms with Gasteiger partial charge < -0.3 is 10.2 Å². The van der Waals surface area contributed by atoms with Crippen LogP contribution in [0.5, 0.6) is 0 Å². The summed E-state index contributed by atoms with van der Waals surface area (Å²) in [6, 6.07) is 7.30. The van der Waals surface area contributed by atoms with Crippen molar-refractivity contribution in [1.29, 1.82) is 0 Å². The van der Waals surface area contributed by atoms with Crippen LogP contribution in [0.2, 0.25) is 0 Å². The Kier molecular flexibility index (Phi) is 8.27. The SMILES string of the molecule is CC[C@@H]1CCCCN1CCCNC(=O)c1ccc(N(C)S(=O)(=O)N(C)C)cc1. The fraction of sp³-hybridized carbons (Fsp3) is 0.650. The van der Waals surface area contributed by atoms with Crippen LogP contribution in [0.1, 0.15) is 49.4 Å². The van der Waals surface area contributed by atoms with Crippen molar-refractivity contribution in [2.24, 2.45) is 0 Å². The van der Waals surface area contributed by atoms with Crippen LogP contribution in [0.25, 0.3) is 0 Å². The van der Waals surface area contributed by atoms with Crippen LogP contribution < -0.4 is 9.62 Å². The van der Waals surface area contributed by atoms with Crippen LogP contribution in [-0.4, -0.2) is 70.3 Å². The second kappa shape index (κ2) is 10.2. The van der Waals surface area contributed by atoms with Gasteiger partial charge in [-0.25, -0.2) is 0 Å². The molecular formula is C20H34N4O3S. The minimum absolute atomic E-state index is 0.129. The molecule has 0 radical (unpaired) electrons. The van der Waals surface area contributed by atoms with Crippen molar-refractivity contribution in [3.05, 3.63) is 29.8 Å². The van der Waals surface area contributed by atoms with Gasteiger partial charge in [-0.3, -0.25) is 9.10 Å². The Morgan fingerprint density at radius 3 is 2.46 bits per heavy atom. The molecule has 8 heteroatoms. The van der Waals surface area contributed by atoms with E-state index in [0.29, 0.717) is 23.8 Å². The Labute approximate surface area is 169 Å². The summed E-state index contributed by atoms with van der Waals surface area (Å²) in [7, 11) is 0.931.